The van der Waals surface area contributed by atoms with Gasteiger partial charge in [-0.15, -0.1) is 0 Å². The molecule has 1 N–H and O–H groups in total. The minimum Gasteiger partial charge on any atom is -0.313 e. The van der Waals surface area contributed by atoms with E-state index in [1.807, 2.05) is 0 Å². The molecule has 0 saturated heterocycles. The van der Waals surface area contributed by atoms with Gasteiger partial charge in [0.2, 0.25) is 0 Å². The summed E-state index contributed by atoms with van der Waals surface area (Å²) in [4.78, 5) is 2.53. The molecule has 1 fully saturated rings. The molecule has 2 atom stereocenters. The van der Waals surface area contributed by atoms with Crippen molar-refractivity contribution in [1.29, 1.82) is 0 Å². The maximum absolute atomic E-state index is 3.63. The van der Waals surface area contributed by atoms with Crippen LogP contribution in [0.2, 0.25) is 0 Å². The Morgan fingerprint density at radius 2 is 2.00 bits per heavy atom. The average molecular weight is 226 g/mol. The lowest BCUT2D eigenvalue weighted by molar-refractivity contribution is 0.177. The summed E-state index contributed by atoms with van der Waals surface area (Å²) in [6.45, 7) is 10.5. The molecule has 1 rings (SSSR count). The Hall–Kier alpha value is -0.0800. The van der Waals surface area contributed by atoms with Crippen molar-refractivity contribution in [2.24, 2.45) is 11.8 Å². The second kappa shape index (κ2) is 7.29. The fourth-order valence-electron chi connectivity index (χ4n) is 2.52. The van der Waals surface area contributed by atoms with E-state index in [0.29, 0.717) is 6.04 Å². The molecule has 1 aliphatic rings. The third kappa shape index (κ3) is 4.42. The Morgan fingerprint density at radius 3 is 2.44 bits per heavy atom. The Bertz CT molecular complexity index is 178. The summed E-state index contributed by atoms with van der Waals surface area (Å²) in [7, 11) is 2.28. The zero-order valence-electron chi connectivity index (χ0n) is 11.6. The van der Waals surface area contributed by atoms with Crippen LogP contribution in [-0.2, 0) is 0 Å². The maximum Gasteiger partial charge on any atom is 0.0220 e. The minimum absolute atomic E-state index is 0.667. The molecule has 0 aromatic heterocycles. The average Bonchev–Trinajstić information content (AvgIpc) is 2.22. The van der Waals surface area contributed by atoms with Crippen molar-refractivity contribution in [1.82, 2.24) is 10.2 Å². The summed E-state index contributed by atoms with van der Waals surface area (Å²) in [5.74, 6) is 1.77. The first-order chi connectivity index (χ1) is 7.67. The van der Waals surface area contributed by atoms with Crippen molar-refractivity contribution in [3.63, 3.8) is 0 Å². The van der Waals surface area contributed by atoms with Crippen LogP contribution in [0.3, 0.4) is 0 Å². The first kappa shape index (κ1) is 14.0. The molecule has 1 aliphatic carbocycles. The number of rotatable bonds is 8. The third-order valence-corrected chi connectivity index (χ3v) is 4.10. The van der Waals surface area contributed by atoms with E-state index in [-0.39, 0.29) is 0 Å². The maximum atomic E-state index is 3.63. The van der Waals surface area contributed by atoms with Crippen molar-refractivity contribution in [2.45, 2.75) is 52.5 Å². The highest BCUT2D eigenvalue weighted by molar-refractivity contribution is 4.78. The smallest absolute Gasteiger partial charge is 0.0220 e. The molecule has 2 heteroatoms. The van der Waals surface area contributed by atoms with Crippen molar-refractivity contribution in [3.05, 3.63) is 0 Å². The number of nitrogens with zero attached hydrogens (tertiary/aromatic N) is 1. The van der Waals surface area contributed by atoms with Crippen LogP contribution in [0.1, 0.15) is 46.5 Å². The van der Waals surface area contributed by atoms with E-state index in [1.54, 1.807) is 0 Å². The normalized spacial score (nSPS) is 20.8. The summed E-state index contributed by atoms with van der Waals surface area (Å²) >= 11 is 0. The van der Waals surface area contributed by atoms with Gasteiger partial charge in [0.1, 0.15) is 0 Å². The monoisotopic (exact) mass is 226 g/mol. The largest absolute Gasteiger partial charge is 0.313 e. The van der Waals surface area contributed by atoms with Gasteiger partial charge in [-0.2, -0.15) is 0 Å². The van der Waals surface area contributed by atoms with Gasteiger partial charge >= 0.3 is 0 Å². The van der Waals surface area contributed by atoms with Crippen molar-refractivity contribution < 1.29 is 0 Å². The van der Waals surface area contributed by atoms with Gasteiger partial charge in [0.05, 0.1) is 0 Å². The second-order valence-corrected chi connectivity index (χ2v) is 5.57. The Balaban J connectivity index is 2.27. The SMILES string of the molecule is CCNC(CN(C)CC1CCC1)C(C)CC. The van der Waals surface area contributed by atoms with Crippen LogP contribution in [0, 0.1) is 11.8 Å². The molecule has 2 unspecified atom stereocenters. The van der Waals surface area contributed by atoms with Gasteiger partial charge in [0.25, 0.3) is 0 Å². The summed E-state index contributed by atoms with van der Waals surface area (Å²) in [5, 5.41) is 3.63. The molecule has 0 spiro atoms. The standard InChI is InChI=1S/C14H30N2/c1-5-12(3)14(15-6-2)11-16(4)10-13-8-7-9-13/h12-15H,5-11H2,1-4H3. The highest BCUT2D eigenvalue weighted by Crippen LogP contribution is 2.26. The van der Waals surface area contributed by atoms with Crippen LogP contribution in [0.5, 0.6) is 0 Å². The molecule has 96 valence electrons. The van der Waals surface area contributed by atoms with Gasteiger partial charge in [-0.3, -0.25) is 0 Å². The molecular weight excluding hydrogens is 196 g/mol. The van der Waals surface area contributed by atoms with Crippen molar-refractivity contribution in [3.8, 4) is 0 Å². The molecule has 0 aliphatic heterocycles. The van der Waals surface area contributed by atoms with Gasteiger partial charge in [-0.05, 0) is 38.3 Å². The Morgan fingerprint density at radius 1 is 1.31 bits per heavy atom. The van der Waals surface area contributed by atoms with Crippen LogP contribution < -0.4 is 5.32 Å². The van der Waals surface area contributed by atoms with E-state index < -0.39 is 0 Å². The van der Waals surface area contributed by atoms with Crippen LogP contribution in [0.15, 0.2) is 0 Å². The van der Waals surface area contributed by atoms with E-state index in [9.17, 15) is 0 Å². The van der Waals surface area contributed by atoms with Gasteiger partial charge in [-0.1, -0.05) is 33.6 Å². The zero-order valence-corrected chi connectivity index (χ0v) is 11.6. The van der Waals surface area contributed by atoms with Crippen LogP contribution in [0.25, 0.3) is 0 Å². The predicted molar refractivity (Wildman–Crippen MR) is 71.8 cm³/mol. The quantitative estimate of drug-likeness (QED) is 0.684. The van der Waals surface area contributed by atoms with E-state index in [4.69, 9.17) is 0 Å². The van der Waals surface area contributed by atoms with Gasteiger partial charge in [-0.25, -0.2) is 0 Å². The van der Waals surface area contributed by atoms with Crippen LogP contribution in [-0.4, -0.2) is 37.6 Å². The van der Waals surface area contributed by atoms with E-state index in [1.165, 1.54) is 38.8 Å². The Kier molecular flexibility index (Phi) is 6.37. The van der Waals surface area contributed by atoms with Crippen LogP contribution in [0.4, 0.5) is 0 Å². The number of hydrogen-bond acceptors (Lipinski definition) is 2. The van der Waals surface area contributed by atoms with E-state index >= 15 is 0 Å². The van der Waals surface area contributed by atoms with Gasteiger partial charge in [0.15, 0.2) is 0 Å². The highest BCUT2D eigenvalue weighted by atomic mass is 15.1. The molecule has 0 heterocycles. The number of likely N-dealkylation sites (N-methyl/N-ethyl adjacent to an activating group) is 2. The van der Waals surface area contributed by atoms with E-state index in [0.717, 1.165) is 18.4 Å². The summed E-state index contributed by atoms with van der Waals surface area (Å²) in [6.07, 6.45) is 5.65. The highest BCUT2D eigenvalue weighted by Gasteiger charge is 2.22. The van der Waals surface area contributed by atoms with Gasteiger partial charge in [0, 0.05) is 19.1 Å². The summed E-state index contributed by atoms with van der Waals surface area (Å²) in [6, 6.07) is 0.667. The predicted octanol–water partition coefficient (Wildman–Crippen LogP) is 2.74. The molecule has 0 amide bonds. The van der Waals surface area contributed by atoms with Crippen molar-refractivity contribution in [2.75, 3.05) is 26.7 Å². The molecule has 1 saturated carbocycles. The second-order valence-electron chi connectivity index (χ2n) is 5.57. The Labute approximate surface area is 102 Å². The number of nitrogens with one attached hydrogen (secondary N) is 1. The lowest BCUT2D eigenvalue weighted by Gasteiger charge is -2.34. The fourth-order valence-corrected chi connectivity index (χ4v) is 2.52. The lowest BCUT2D eigenvalue weighted by atomic mass is 9.85. The molecule has 0 radical (unpaired) electrons. The molecular formula is C14H30N2. The first-order valence-corrected chi connectivity index (χ1v) is 7.09. The summed E-state index contributed by atoms with van der Waals surface area (Å²) < 4.78 is 0. The number of hydrogen-bond donors (Lipinski definition) is 1. The van der Waals surface area contributed by atoms with Gasteiger partial charge < -0.3 is 10.2 Å². The topological polar surface area (TPSA) is 15.3 Å². The molecule has 0 aromatic carbocycles. The van der Waals surface area contributed by atoms with E-state index in [2.05, 4.69) is 38.0 Å². The van der Waals surface area contributed by atoms with Crippen LogP contribution >= 0.6 is 0 Å². The molecule has 2 nitrogen and oxygen atoms in total. The third-order valence-electron chi connectivity index (χ3n) is 4.10. The lowest BCUT2D eigenvalue weighted by Crippen LogP contribution is -2.45. The minimum atomic E-state index is 0.667. The summed E-state index contributed by atoms with van der Waals surface area (Å²) in [5.41, 5.74) is 0. The first-order valence-electron chi connectivity index (χ1n) is 7.09. The molecule has 0 aromatic rings. The fraction of sp³-hybridized carbons (Fsp3) is 1.00. The van der Waals surface area contributed by atoms with Crippen molar-refractivity contribution >= 4 is 0 Å². The molecule has 16 heavy (non-hydrogen) atoms. The molecule has 0 bridgehead atoms. The zero-order chi connectivity index (χ0) is 12.0.